The molecule has 1 aliphatic heterocycles. The predicted octanol–water partition coefficient (Wildman–Crippen LogP) is 4.16. The van der Waals surface area contributed by atoms with Gasteiger partial charge in [0, 0.05) is 12.5 Å². The molecule has 0 bridgehead atoms. The highest BCUT2D eigenvalue weighted by atomic mass is 32.2. The first kappa shape index (κ1) is 17.0. The number of amides is 1. The van der Waals surface area contributed by atoms with Crippen LogP contribution in [0.3, 0.4) is 0 Å². The van der Waals surface area contributed by atoms with Gasteiger partial charge in [-0.1, -0.05) is 43.0 Å². The van der Waals surface area contributed by atoms with Crippen LogP contribution in [-0.4, -0.2) is 26.8 Å². The predicted molar refractivity (Wildman–Crippen MR) is 103 cm³/mol. The van der Waals surface area contributed by atoms with Crippen LogP contribution >= 0.6 is 23.1 Å². The van der Waals surface area contributed by atoms with E-state index in [1.807, 2.05) is 48.7 Å². The number of carbonyl (C=O) groups is 1. The highest BCUT2D eigenvalue weighted by molar-refractivity contribution is 7.99. The molecule has 1 atom stereocenters. The van der Waals surface area contributed by atoms with Gasteiger partial charge in [0.2, 0.25) is 23.2 Å². The molecule has 1 unspecified atom stereocenters. The van der Waals surface area contributed by atoms with Gasteiger partial charge in [0.05, 0.1) is 10.6 Å². The lowest BCUT2D eigenvalue weighted by atomic mass is 10.1. The van der Waals surface area contributed by atoms with Crippen LogP contribution in [0.2, 0.25) is 0 Å². The number of hydrogen-bond acceptors (Lipinski definition) is 7. The SMILES string of the molecule is CCSc1nnc2c(n1)OC(c1cccs1)N(C(C)=O)c1ccccc1-2. The fraction of sp³-hybridized carbons (Fsp3) is 0.222. The fourth-order valence-electron chi connectivity index (χ4n) is 2.86. The minimum atomic E-state index is -0.592. The van der Waals surface area contributed by atoms with Crippen molar-refractivity contribution in [2.45, 2.75) is 25.2 Å². The third-order valence-electron chi connectivity index (χ3n) is 3.91. The summed E-state index contributed by atoms with van der Waals surface area (Å²) < 4.78 is 6.23. The number of carbonyl (C=O) groups excluding carboxylic acids is 1. The molecule has 4 rings (SSSR count). The van der Waals surface area contributed by atoms with Gasteiger partial charge in [0.25, 0.3) is 0 Å². The lowest BCUT2D eigenvalue weighted by Gasteiger charge is -2.28. The summed E-state index contributed by atoms with van der Waals surface area (Å²) in [6.07, 6.45) is -0.592. The van der Waals surface area contributed by atoms with Crippen molar-refractivity contribution in [3.8, 4) is 17.1 Å². The second kappa shape index (κ2) is 7.05. The molecule has 0 spiro atoms. The summed E-state index contributed by atoms with van der Waals surface area (Å²) in [6, 6.07) is 11.5. The van der Waals surface area contributed by atoms with Crippen molar-refractivity contribution >= 4 is 34.7 Å². The van der Waals surface area contributed by atoms with E-state index >= 15 is 0 Å². The van der Waals surface area contributed by atoms with Crippen LogP contribution in [0.4, 0.5) is 5.69 Å². The third kappa shape index (κ3) is 2.95. The minimum absolute atomic E-state index is 0.111. The zero-order chi connectivity index (χ0) is 18.1. The average Bonchev–Trinajstić information content (AvgIpc) is 3.12. The molecule has 0 N–H and O–H groups in total. The van der Waals surface area contributed by atoms with Crippen LogP contribution in [-0.2, 0) is 4.79 Å². The van der Waals surface area contributed by atoms with Crippen molar-refractivity contribution in [1.29, 1.82) is 0 Å². The molecule has 8 heteroatoms. The first-order chi connectivity index (χ1) is 12.7. The van der Waals surface area contributed by atoms with Crippen LogP contribution in [0.1, 0.15) is 25.0 Å². The number of para-hydroxylation sites is 1. The highest BCUT2D eigenvalue weighted by Gasteiger charge is 2.34. The Morgan fingerprint density at radius 2 is 2.12 bits per heavy atom. The number of anilines is 1. The van der Waals surface area contributed by atoms with Gasteiger partial charge in [0.1, 0.15) is 0 Å². The topological polar surface area (TPSA) is 68.2 Å². The van der Waals surface area contributed by atoms with E-state index in [0.29, 0.717) is 16.7 Å². The Kier molecular flexibility index (Phi) is 4.60. The lowest BCUT2D eigenvalue weighted by Crippen LogP contribution is -2.35. The Morgan fingerprint density at radius 1 is 1.27 bits per heavy atom. The lowest BCUT2D eigenvalue weighted by molar-refractivity contribution is -0.118. The summed E-state index contributed by atoms with van der Waals surface area (Å²) >= 11 is 3.04. The maximum atomic E-state index is 12.5. The number of benzene rings is 1. The van der Waals surface area contributed by atoms with E-state index < -0.39 is 6.23 Å². The Hall–Kier alpha value is -2.45. The van der Waals surface area contributed by atoms with Crippen LogP contribution in [0.5, 0.6) is 5.88 Å². The maximum absolute atomic E-state index is 12.5. The molecular formula is C18H16N4O2S2. The monoisotopic (exact) mass is 384 g/mol. The Morgan fingerprint density at radius 3 is 2.85 bits per heavy atom. The summed E-state index contributed by atoms with van der Waals surface area (Å²) in [6.45, 7) is 3.57. The van der Waals surface area contributed by atoms with Crippen molar-refractivity contribution < 1.29 is 9.53 Å². The largest absolute Gasteiger partial charge is 0.446 e. The van der Waals surface area contributed by atoms with Crippen molar-refractivity contribution in [2.75, 3.05) is 10.7 Å². The van der Waals surface area contributed by atoms with E-state index in [-0.39, 0.29) is 5.91 Å². The van der Waals surface area contributed by atoms with Crippen LogP contribution in [0.15, 0.2) is 46.9 Å². The third-order valence-corrected chi connectivity index (χ3v) is 5.53. The Labute approximate surface area is 159 Å². The molecule has 0 saturated heterocycles. The molecule has 0 fully saturated rings. The molecular weight excluding hydrogens is 368 g/mol. The summed E-state index contributed by atoms with van der Waals surface area (Å²) in [5.41, 5.74) is 2.07. The van der Waals surface area contributed by atoms with Gasteiger partial charge in [-0.25, -0.2) is 0 Å². The average molecular weight is 384 g/mol. The summed E-state index contributed by atoms with van der Waals surface area (Å²) in [7, 11) is 0. The first-order valence-electron chi connectivity index (χ1n) is 8.15. The highest BCUT2D eigenvalue weighted by Crippen LogP contribution is 2.43. The standard InChI is InChI=1S/C18H16N4O2S2/c1-3-25-18-19-16-15(20-21-18)12-7-4-5-8-13(12)22(11(2)23)17(24-16)14-9-6-10-26-14/h4-10,17H,3H2,1-2H3. The molecule has 1 aliphatic rings. The van der Waals surface area contributed by atoms with Crippen molar-refractivity contribution in [3.63, 3.8) is 0 Å². The molecule has 132 valence electrons. The number of aromatic nitrogens is 3. The number of thioether (sulfide) groups is 1. The molecule has 0 radical (unpaired) electrons. The smallest absolute Gasteiger partial charge is 0.247 e. The number of nitrogens with zero attached hydrogens (tertiary/aromatic N) is 4. The van der Waals surface area contributed by atoms with Gasteiger partial charge < -0.3 is 4.74 Å². The second-order valence-electron chi connectivity index (χ2n) is 5.57. The minimum Gasteiger partial charge on any atom is -0.446 e. The molecule has 2 aromatic heterocycles. The van der Waals surface area contributed by atoms with E-state index in [0.717, 1.165) is 21.9 Å². The van der Waals surface area contributed by atoms with E-state index in [9.17, 15) is 4.79 Å². The van der Waals surface area contributed by atoms with Crippen molar-refractivity contribution in [3.05, 3.63) is 46.7 Å². The van der Waals surface area contributed by atoms with Gasteiger partial charge >= 0.3 is 0 Å². The zero-order valence-electron chi connectivity index (χ0n) is 14.2. The second-order valence-corrected chi connectivity index (χ2v) is 7.78. The van der Waals surface area contributed by atoms with Crippen LogP contribution in [0.25, 0.3) is 11.3 Å². The maximum Gasteiger partial charge on any atom is 0.247 e. The Balaban J connectivity index is 1.94. The first-order valence-corrected chi connectivity index (χ1v) is 10.0. The van der Waals surface area contributed by atoms with Gasteiger partial charge in [0.15, 0.2) is 5.69 Å². The number of hydrogen-bond donors (Lipinski definition) is 0. The summed E-state index contributed by atoms with van der Waals surface area (Å²) in [4.78, 5) is 19.7. The van der Waals surface area contributed by atoms with Crippen LogP contribution in [0, 0.1) is 0 Å². The number of ether oxygens (including phenoxy) is 1. The Bertz CT molecular complexity index is 946. The molecule has 1 amide bonds. The normalized spacial score (nSPS) is 15.6. The summed E-state index contributed by atoms with van der Waals surface area (Å²) in [5, 5.41) is 11.1. The summed E-state index contributed by atoms with van der Waals surface area (Å²) in [5.74, 6) is 1.12. The molecule has 1 aromatic carbocycles. The molecule has 26 heavy (non-hydrogen) atoms. The number of fused-ring (bicyclic) bond motifs is 3. The van der Waals surface area contributed by atoms with E-state index in [2.05, 4.69) is 15.2 Å². The number of thiophene rings is 1. The quantitative estimate of drug-likeness (QED) is 0.632. The zero-order valence-corrected chi connectivity index (χ0v) is 15.9. The van der Waals surface area contributed by atoms with E-state index in [1.54, 1.807) is 4.90 Å². The molecule has 6 nitrogen and oxygen atoms in total. The number of rotatable bonds is 3. The van der Waals surface area contributed by atoms with Crippen molar-refractivity contribution in [2.24, 2.45) is 0 Å². The van der Waals surface area contributed by atoms with E-state index in [4.69, 9.17) is 4.74 Å². The van der Waals surface area contributed by atoms with Gasteiger partial charge in [-0.3, -0.25) is 9.69 Å². The molecule has 3 aromatic rings. The molecule has 0 saturated carbocycles. The van der Waals surface area contributed by atoms with Crippen LogP contribution < -0.4 is 9.64 Å². The van der Waals surface area contributed by atoms with Gasteiger partial charge in [-0.2, -0.15) is 4.98 Å². The van der Waals surface area contributed by atoms with Gasteiger partial charge in [-0.15, -0.1) is 21.5 Å². The van der Waals surface area contributed by atoms with Gasteiger partial charge in [-0.05, 0) is 23.3 Å². The molecule has 3 heterocycles. The van der Waals surface area contributed by atoms with Crippen molar-refractivity contribution in [1.82, 2.24) is 15.2 Å². The fourth-order valence-corrected chi connectivity index (χ4v) is 4.11. The molecule has 0 aliphatic carbocycles. The van der Waals surface area contributed by atoms with E-state index in [1.165, 1.54) is 30.0 Å².